The number of amides is 1. The maximum Gasteiger partial charge on any atom is 0.274 e. The van der Waals surface area contributed by atoms with Crippen LogP contribution in [0.4, 0.5) is 14.5 Å². The quantitative estimate of drug-likeness (QED) is 0.453. The zero-order chi connectivity index (χ0) is 22.1. The summed E-state index contributed by atoms with van der Waals surface area (Å²) in [5, 5.41) is 2.87. The number of carbonyl (C=O) groups excluding carboxylic acids is 1. The Bertz CT molecular complexity index is 1260. The molecule has 0 unspecified atom stereocenters. The van der Waals surface area contributed by atoms with E-state index in [0.717, 1.165) is 11.4 Å². The lowest BCUT2D eigenvalue weighted by molar-refractivity contribution is 0.102. The number of fused-ring (bicyclic) bond motifs is 1. The van der Waals surface area contributed by atoms with Crippen LogP contribution in [0.15, 0.2) is 48.7 Å². The molecule has 0 saturated heterocycles. The number of aromatic nitrogens is 3. The van der Waals surface area contributed by atoms with E-state index in [4.69, 9.17) is 4.74 Å². The van der Waals surface area contributed by atoms with Gasteiger partial charge in [0.2, 0.25) is 0 Å². The van der Waals surface area contributed by atoms with E-state index < -0.39 is 11.6 Å². The number of hydrogen-bond acceptors (Lipinski definition) is 4. The molecular weight excluding hydrogens is 414 g/mol. The van der Waals surface area contributed by atoms with Crippen LogP contribution in [0.5, 0.6) is 5.75 Å². The second kappa shape index (κ2) is 9.13. The zero-order valence-electron chi connectivity index (χ0n) is 17.2. The summed E-state index contributed by atoms with van der Waals surface area (Å²) in [6.45, 7) is 5.11. The molecule has 0 aliphatic heterocycles. The molecular formula is C24H24F2N4O2. The largest absolute Gasteiger partial charge is 0.485 e. The molecule has 4 aromatic rings. The molecule has 32 heavy (non-hydrogen) atoms. The standard InChI is InChI=1S/C23H20F2N4O2.CH4/c1-13-10-16(11-14(2)26-13)28-23(30)21-15(3)27-22-20(8-5-9-29(21)22)31-12-17-18(24)6-4-7-19(17)25;/h4-11H,12H2,1-3H3,(H,26,28,30);1H4. The minimum Gasteiger partial charge on any atom is -0.485 e. The second-order valence-electron chi connectivity index (χ2n) is 7.19. The molecule has 1 N–H and O–H groups in total. The predicted molar refractivity (Wildman–Crippen MR) is 119 cm³/mol. The fourth-order valence-corrected chi connectivity index (χ4v) is 3.46. The SMILES string of the molecule is C.Cc1cc(NC(=O)c2c(C)nc3c(OCc4c(F)cccc4F)cccn23)cc(C)n1. The van der Waals surface area contributed by atoms with E-state index in [1.807, 2.05) is 13.8 Å². The van der Waals surface area contributed by atoms with Crippen LogP contribution in [0.25, 0.3) is 5.65 Å². The van der Waals surface area contributed by atoms with Crippen molar-refractivity contribution in [2.75, 3.05) is 5.32 Å². The molecule has 0 spiro atoms. The first-order valence-corrected chi connectivity index (χ1v) is 9.63. The van der Waals surface area contributed by atoms with Crippen LogP contribution in [0, 0.1) is 32.4 Å². The third-order valence-corrected chi connectivity index (χ3v) is 4.78. The molecule has 0 aliphatic carbocycles. The highest BCUT2D eigenvalue weighted by Gasteiger charge is 2.20. The van der Waals surface area contributed by atoms with Gasteiger partial charge < -0.3 is 10.1 Å². The van der Waals surface area contributed by atoms with E-state index in [0.29, 0.717) is 28.5 Å². The van der Waals surface area contributed by atoms with E-state index in [-0.39, 0.29) is 25.5 Å². The van der Waals surface area contributed by atoms with Gasteiger partial charge in [0.1, 0.15) is 23.9 Å². The van der Waals surface area contributed by atoms with Crippen LogP contribution < -0.4 is 10.1 Å². The molecule has 3 aromatic heterocycles. The van der Waals surface area contributed by atoms with Crippen LogP contribution in [-0.2, 0) is 6.61 Å². The minimum atomic E-state index is -0.686. The van der Waals surface area contributed by atoms with Gasteiger partial charge in [-0.2, -0.15) is 0 Å². The highest BCUT2D eigenvalue weighted by atomic mass is 19.1. The Morgan fingerprint density at radius 1 is 1.03 bits per heavy atom. The lowest BCUT2D eigenvalue weighted by Crippen LogP contribution is -2.16. The van der Waals surface area contributed by atoms with Crippen molar-refractivity contribution in [1.29, 1.82) is 0 Å². The second-order valence-corrected chi connectivity index (χ2v) is 7.19. The molecule has 0 bridgehead atoms. The summed E-state index contributed by atoms with van der Waals surface area (Å²) in [5.41, 5.74) is 3.25. The smallest absolute Gasteiger partial charge is 0.274 e. The Hall–Kier alpha value is -3.81. The summed E-state index contributed by atoms with van der Waals surface area (Å²) in [6, 6.07) is 10.5. The molecule has 0 aliphatic rings. The third kappa shape index (κ3) is 4.44. The predicted octanol–water partition coefficient (Wildman–Crippen LogP) is 5.40. The number of nitrogens with zero attached hydrogens (tertiary/aromatic N) is 3. The molecule has 4 rings (SSSR count). The van der Waals surface area contributed by atoms with E-state index in [1.54, 1.807) is 41.8 Å². The topological polar surface area (TPSA) is 68.5 Å². The number of benzene rings is 1. The number of ether oxygens (including phenoxy) is 1. The normalized spacial score (nSPS) is 10.7. The van der Waals surface area contributed by atoms with E-state index in [1.165, 1.54) is 18.2 Å². The summed E-state index contributed by atoms with van der Waals surface area (Å²) in [7, 11) is 0. The number of halogens is 2. The monoisotopic (exact) mass is 438 g/mol. The molecule has 0 atom stereocenters. The van der Waals surface area contributed by atoms with E-state index in [9.17, 15) is 13.6 Å². The first-order valence-electron chi connectivity index (χ1n) is 9.63. The van der Waals surface area contributed by atoms with Crippen LogP contribution in [0.3, 0.4) is 0 Å². The molecule has 1 amide bonds. The van der Waals surface area contributed by atoms with Crippen molar-refractivity contribution in [3.05, 3.63) is 88.6 Å². The maximum absolute atomic E-state index is 13.9. The van der Waals surface area contributed by atoms with Gasteiger partial charge in [0.05, 0.1) is 11.3 Å². The van der Waals surface area contributed by atoms with Crippen LogP contribution in [0.1, 0.15) is 40.6 Å². The Labute approximate surface area is 184 Å². The number of carbonyl (C=O) groups is 1. The molecule has 1 aromatic carbocycles. The van der Waals surface area contributed by atoms with Crippen molar-refractivity contribution in [2.45, 2.75) is 34.8 Å². The van der Waals surface area contributed by atoms with Crippen molar-refractivity contribution in [1.82, 2.24) is 14.4 Å². The average molecular weight is 438 g/mol. The van der Waals surface area contributed by atoms with Gasteiger partial charge >= 0.3 is 0 Å². The van der Waals surface area contributed by atoms with Crippen LogP contribution in [-0.4, -0.2) is 20.3 Å². The van der Waals surface area contributed by atoms with Crippen molar-refractivity contribution in [2.24, 2.45) is 0 Å². The van der Waals surface area contributed by atoms with Gasteiger partial charge in [-0.1, -0.05) is 13.5 Å². The summed E-state index contributed by atoms with van der Waals surface area (Å²) in [6.07, 6.45) is 1.68. The van der Waals surface area contributed by atoms with Gasteiger partial charge in [0.25, 0.3) is 5.91 Å². The molecule has 0 saturated carbocycles. The number of aryl methyl sites for hydroxylation is 3. The van der Waals surface area contributed by atoms with Crippen LogP contribution in [0.2, 0.25) is 0 Å². The van der Waals surface area contributed by atoms with E-state index in [2.05, 4.69) is 15.3 Å². The van der Waals surface area contributed by atoms with Gasteiger partial charge in [-0.25, -0.2) is 13.8 Å². The number of rotatable bonds is 5. The highest BCUT2D eigenvalue weighted by Crippen LogP contribution is 2.25. The Morgan fingerprint density at radius 2 is 1.69 bits per heavy atom. The number of anilines is 1. The number of imidazole rings is 1. The fraction of sp³-hybridized carbons (Fsp3) is 0.208. The van der Waals surface area contributed by atoms with Gasteiger partial charge in [-0.05, 0) is 57.2 Å². The van der Waals surface area contributed by atoms with Gasteiger partial charge in [-0.15, -0.1) is 0 Å². The molecule has 8 heteroatoms. The third-order valence-electron chi connectivity index (χ3n) is 4.78. The van der Waals surface area contributed by atoms with Gasteiger partial charge in [0, 0.05) is 23.3 Å². The van der Waals surface area contributed by atoms with Gasteiger partial charge in [0.15, 0.2) is 11.4 Å². The molecule has 3 heterocycles. The Balaban J connectivity index is 0.00000289. The number of pyridine rings is 2. The molecule has 6 nitrogen and oxygen atoms in total. The summed E-state index contributed by atoms with van der Waals surface area (Å²) in [5.74, 6) is -1.40. The minimum absolute atomic E-state index is 0. The first kappa shape index (κ1) is 22.9. The summed E-state index contributed by atoms with van der Waals surface area (Å²) < 4.78 is 35.1. The van der Waals surface area contributed by atoms with Crippen molar-refractivity contribution < 1.29 is 18.3 Å². The van der Waals surface area contributed by atoms with Crippen molar-refractivity contribution >= 4 is 17.2 Å². The fourth-order valence-electron chi connectivity index (χ4n) is 3.46. The average Bonchev–Trinajstić information content (AvgIpc) is 3.03. The van der Waals surface area contributed by atoms with Crippen LogP contribution >= 0.6 is 0 Å². The lowest BCUT2D eigenvalue weighted by atomic mass is 10.2. The maximum atomic E-state index is 13.9. The van der Waals surface area contributed by atoms with E-state index >= 15 is 0 Å². The Kier molecular flexibility index (Phi) is 6.53. The zero-order valence-corrected chi connectivity index (χ0v) is 17.2. The highest BCUT2D eigenvalue weighted by molar-refractivity contribution is 6.04. The molecule has 0 fully saturated rings. The van der Waals surface area contributed by atoms with Crippen molar-refractivity contribution in [3.63, 3.8) is 0 Å². The molecule has 0 radical (unpaired) electrons. The Morgan fingerprint density at radius 3 is 2.34 bits per heavy atom. The number of nitrogens with one attached hydrogen (secondary N) is 1. The number of hydrogen-bond donors (Lipinski definition) is 1. The summed E-state index contributed by atoms with van der Waals surface area (Å²) >= 11 is 0. The molecule has 166 valence electrons. The summed E-state index contributed by atoms with van der Waals surface area (Å²) in [4.78, 5) is 21.7. The lowest BCUT2D eigenvalue weighted by Gasteiger charge is -2.10. The first-order chi connectivity index (χ1) is 14.8. The van der Waals surface area contributed by atoms with Gasteiger partial charge in [-0.3, -0.25) is 14.2 Å². The van der Waals surface area contributed by atoms with Crippen molar-refractivity contribution in [3.8, 4) is 5.75 Å².